The van der Waals surface area contributed by atoms with E-state index < -0.39 is 0 Å². The van der Waals surface area contributed by atoms with Crippen molar-refractivity contribution in [3.8, 4) is 0 Å². The molecule has 0 amide bonds. The summed E-state index contributed by atoms with van der Waals surface area (Å²) in [7, 11) is 4.22. The molecule has 1 aromatic rings. The van der Waals surface area contributed by atoms with Crippen molar-refractivity contribution in [3.05, 3.63) is 29.3 Å². The van der Waals surface area contributed by atoms with Crippen molar-refractivity contribution in [1.82, 2.24) is 0 Å². The Kier molecular flexibility index (Phi) is 3.17. The lowest BCUT2D eigenvalue weighted by atomic mass is 9.89. The Labute approximate surface area is 105 Å². The fourth-order valence-corrected chi connectivity index (χ4v) is 2.46. The summed E-state index contributed by atoms with van der Waals surface area (Å²) in [5, 5.41) is 0. The summed E-state index contributed by atoms with van der Waals surface area (Å²) >= 11 is 0. The fourth-order valence-electron chi connectivity index (χ4n) is 2.46. The van der Waals surface area contributed by atoms with E-state index in [1.54, 1.807) is 0 Å². The van der Waals surface area contributed by atoms with Crippen LogP contribution in [0.2, 0.25) is 0 Å². The van der Waals surface area contributed by atoms with E-state index in [0.29, 0.717) is 5.92 Å². The molecule has 1 fully saturated rings. The molecule has 1 aliphatic carbocycles. The van der Waals surface area contributed by atoms with E-state index in [2.05, 4.69) is 51.0 Å². The van der Waals surface area contributed by atoms with Crippen molar-refractivity contribution in [2.75, 3.05) is 25.5 Å². The maximum absolute atomic E-state index is 5.98. The summed E-state index contributed by atoms with van der Waals surface area (Å²) in [4.78, 5) is 2.20. The van der Waals surface area contributed by atoms with Crippen LogP contribution in [0.4, 0.5) is 5.69 Å². The van der Waals surface area contributed by atoms with E-state index in [-0.39, 0.29) is 5.41 Å². The Morgan fingerprint density at radius 3 is 2.35 bits per heavy atom. The van der Waals surface area contributed by atoms with Gasteiger partial charge < -0.3 is 10.6 Å². The molecule has 0 heterocycles. The third kappa shape index (κ3) is 2.19. The van der Waals surface area contributed by atoms with Gasteiger partial charge in [0.05, 0.1) is 0 Å². The normalized spacial score (nSPS) is 17.3. The van der Waals surface area contributed by atoms with Crippen LogP contribution in [0.25, 0.3) is 0 Å². The van der Waals surface area contributed by atoms with E-state index in [9.17, 15) is 0 Å². The number of nitrogens with two attached hydrogens (primary N) is 1. The van der Waals surface area contributed by atoms with Gasteiger partial charge in [-0.3, -0.25) is 0 Å². The highest BCUT2D eigenvalue weighted by molar-refractivity contribution is 5.59. The maximum atomic E-state index is 5.98. The summed E-state index contributed by atoms with van der Waals surface area (Å²) in [5.41, 5.74) is 10.5. The first-order valence-corrected chi connectivity index (χ1v) is 6.52. The average molecular weight is 232 g/mol. The second-order valence-corrected chi connectivity index (χ2v) is 5.81. The molecule has 0 aromatic heterocycles. The lowest BCUT2D eigenvalue weighted by molar-refractivity contribution is 0.699. The zero-order chi connectivity index (χ0) is 12.6. The molecule has 0 saturated heterocycles. The Hall–Kier alpha value is -1.02. The maximum Gasteiger partial charge on any atom is 0.0399 e. The quantitative estimate of drug-likeness (QED) is 0.865. The Morgan fingerprint density at radius 2 is 1.94 bits per heavy atom. The minimum atomic E-state index is 0.268. The average Bonchev–Trinajstić information content (AvgIpc) is 3.08. The van der Waals surface area contributed by atoms with Gasteiger partial charge in [-0.2, -0.15) is 0 Å². The summed E-state index contributed by atoms with van der Waals surface area (Å²) in [6, 6.07) is 6.87. The molecule has 0 spiro atoms. The lowest BCUT2D eigenvalue weighted by Gasteiger charge is -2.24. The molecule has 2 rings (SSSR count). The van der Waals surface area contributed by atoms with Crippen molar-refractivity contribution >= 4 is 5.69 Å². The molecule has 0 aliphatic heterocycles. The van der Waals surface area contributed by atoms with Gasteiger partial charge in [0.2, 0.25) is 0 Å². The van der Waals surface area contributed by atoms with Crippen molar-refractivity contribution in [1.29, 1.82) is 0 Å². The van der Waals surface area contributed by atoms with Gasteiger partial charge in [-0.25, -0.2) is 0 Å². The van der Waals surface area contributed by atoms with Crippen molar-refractivity contribution in [3.63, 3.8) is 0 Å². The van der Waals surface area contributed by atoms with Crippen LogP contribution >= 0.6 is 0 Å². The Morgan fingerprint density at radius 1 is 1.29 bits per heavy atom. The zero-order valence-electron chi connectivity index (χ0n) is 11.5. The molecule has 0 radical (unpaired) electrons. The second-order valence-electron chi connectivity index (χ2n) is 5.81. The topological polar surface area (TPSA) is 29.3 Å². The number of benzene rings is 1. The van der Waals surface area contributed by atoms with Crippen LogP contribution in [0.1, 0.15) is 43.7 Å². The van der Waals surface area contributed by atoms with E-state index in [0.717, 1.165) is 6.54 Å². The molecule has 2 nitrogen and oxygen atoms in total. The van der Waals surface area contributed by atoms with Crippen LogP contribution in [0.3, 0.4) is 0 Å². The lowest BCUT2D eigenvalue weighted by Crippen LogP contribution is -2.23. The van der Waals surface area contributed by atoms with Crippen molar-refractivity contribution in [2.45, 2.75) is 38.0 Å². The first-order valence-electron chi connectivity index (χ1n) is 6.52. The number of hydrogen-bond donors (Lipinski definition) is 1. The minimum Gasteiger partial charge on any atom is -0.377 e. The third-order valence-electron chi connectivity index (χ3n) is 3.98. The molecule has 2 N–H and O–H groups in total. The first-order chi connectivity index (χ1) is 8.00. The predicted octanol–water partition coefficient (Wildman–Crippen LogP) is 2.87. The smallest absolute Gasteiger partial charge is 0.0399 e. The molecule has 1 aromatic carbocycles. The van der Waals surface area contributed by atoms with E-state index in [1.807, 2.05) is 0 Å². The second kappa shape index (κ2) is 4.34. The molecule has 0 atom stereocenters. The molecular weight excluding hydrogens is 208 g/mol. The van der Waals surface area contributed by atoms with Gasteiger partial charge >= 0.3 is 0 Å². The van der Waals surface area contributed by atoms with Gasteiger partial charge in [0.25, 0.3) is 0 Å². The van der Waals surface area contributed by atoms with Gasteiger partial charge in [0, 0.05) is 31.7 Å². The molecule has 17 heavy (non-hydrogen) atoms. The SMILES string of the molecule is CC(C)c1ccc(N(C)C)c(C2(CN)CC2)c1. The molecule has 2 heteroatoms. The van der Waals surface area contributed by atoms with E-state index in [1.165, 1.54) is 29.7 Å². The van der Waals surface area contributed by atoms with Crippen LogP contribution < -0.4 is 10.6 Å². The molecule has 0 bridgehead atoms. The van der Waals surface area contributed by atoms with Gasteiger partial charge in [-0.1, -0.05) is 26.0 Å². The summed E-state index contributed by atoms with van der Waals surface area (Å²) < 4.78 is 0. The fraction of sp³-hybridized carbons (Fsp3) is 0.600. The number of nitrogens with zero attached hydrogens (tertiary/aromatic N) is 1. The van der Waals surface area contributed by atoms with Crippen LogP contribution in [-0.4, -0.2) is 20.6 Å². The van der Waals surface area contributed by atoms with Crippen LogP contribution in [0.15, 0.2) is 18.2 Å². The molecule has 94 valence electrons. The van der Waals surface area contributed by atoms with Gasteiger partial charge in [0.15, 0.2) is 0 Å². The molecule has 0 unspecified atom stereocenters. The van der Waals surface area contributed by atoms with Crippen LogP contribution in [0, 0.1) is 0 Å². The van der Waals surface area contributed by atoms with E-state index in [4.69, 9.17) is 5.73 Å². The Bertz CT molecular complexity index is 403. The third-order valence-corrected chi connectivity index (χ3v) is 3.98. The number of rotatable bonds is 4. The highest BCUT2D eigenvalue weighted by atomic mass is 15.1. The van der Waals surface area contributed by atoms with Gasteiger partial charge in [-0.15, -0.1) is 0 Å². The standard InChI is InChI=1S/C15H24N2/c1-11(2)12-5-6-14(17(3)4)13(9-12)15(10-16)7-8-15/h5-6,9,11H,7-8,10,16H2,1-4H3. The monoisotopic (exact) mass is 232 g/mol. The highest BCUT2D eigenvalue weighted by Gasteiger charge is 2.44. The first kappa shape index (κ1) is 12.4. The summed E-state index contributed by atoms with van der Waals surface area (Å²) in [5.74, 6) is 0.582. The van der Waals surface area contributed by atoms with Crippen molar-refractivity contribution < 1.29 is 0 Å². The molecular formula is C15H24N2. The number of anilines is 1. The van der Waals surface area contributed by atoms with Crippen LogP contribution in [-0.2, 0) is 5.41 Å². The van der Waals surface area contributed by atoms with Gasteiger partial charge in [-0.05, 0) is 36.0 Å². The summed E-state index contributed by atoms with van der Waals surface area (Å²) in [6.45, 7) is 5.27. The Balaban J connectivity index is 2.48. The van der Waals surface area contributed by atoms with Gasteiger partial charge in [0.1, 0.15) is 0 Å². The highest BCUT2D eigenvalue weighted by Crippen LogP contribution is 2.50. The van der Waals surface area contributed by atoms with E-state index >= 15 is 0 Å². The predicted molar refractivity (Wildman–Crippen MR) is 74.8 cm³/mol. The largest absolute Gasteiger partial charge is 0.377 e. The zero-order valence-corrected chi connectivity index (χ0v) is 11.5. The van der Waals surface area contributed by atoms with Crippen LogP contribution in [0.5, 0.6) is 0 Å². The number of hydrogen-bond acceptors (Lipinski definition) is 2. The molecule has 1 aliphatic rings. The van der Waals surface area contributed by atoms with Crippen molar-refractivity contribution in [2.24, 2.45) is 5.73 Å². The minimum absolute atomic E-state index is 0.268. The summed E-state index contributed by atoms with van der Waals surface area (Å²) in [6.07, 6.45) is 2.48. The molecule has 1 saturated carbocycles.